The number of methoxy groups -OCH3 is 1. The van der Waals surface area contributed by atoms with E-state index in [9.17, 15) is 0 Å². The van der Waals surface area contributed by atoms with Gasteiger partial charge in [-0.3, -0.25) is 0 Å². The van der Waals surface area contributed by atoms with Crippen molar-refractivity contribution >= 4 is 23.1 Å². The van der Waals surface area contributed by atoms with Gasteiger partial charge < -0.3 is 10.6 Å². The largest absolute Gasteiger partial charge is 0.497 e. The lowest BCUT2D eigenvalue weighted by molar-refractivity contribution is 0.415. The second kappa shape index (κ2) is 6.59. The van der Waals surface area contributed by atoms with E-state index in [0.29, 0.717) is 11.0 Å². The predicted octanol–water partition coefficient (Wildman–Crippen LogP) is 3.03. The van der Waals surface area contributed by atoms with Crippen molar-refractivity contribution in [2.75, 3.05) is 13.0 Å². The monoisotopic (exact) mass is 347 g/mol. The highest BCUT2D eigenvalue weighted by molar-refractivity contribution is 7.98. The van der Waals surface area contributed by atoms with Gasteiger partial charge in [0, 0.05) is 16.2 Å². The molecule has 0 unspecified atom stereocenters. The molecule has 0 saturated heterocycles. The summed E-state index contributed by atoms with van der Waals surface area (Å²) >= 11 is 3.26. The Kier molecular flexibility index (Phi) is 4.53. The van der Waals surface area contributed by atoms with Crippen LogP contribution in [0.4, 0.5) is 0 Å². The maximum atomic E-state index is 6.14. The lowest BCUT2D eigenvalue weighted by Crippen LogP contribution is -2.11. The Morgan fingerprint density at radius 2 is 1.96 bits per heavy atom. The van der Waals surface area contributed by atoms with Gasteiger partial charge in [-0.15, -0.1) is 21.5 Å². The Bertz CT molecular complexity index is 810. The van der Waals surface area contributed by atoms with Crippen LogP contribution in [0.3, 0.4) is 0 Å². The SMILES string of the molecule is COc1ccc(-c2nnc(SCc3sc(C)nc3C)n2N)cc1. The minimum Gasteiger partial charge on any atom is -0.497 e. The Morgan fingerprint density at radius 3 is 2.57 bits per heavy atom. The van der Waals surface area contributed by atoms with E-state index in [1.54, 1.807) is 30.2 Å². The molecule has 0 saturated carbocycles. The maximum Gasteiger partial charge on any atom is 0.210 e. The fourth-order valence-electron chi connectivity index (χ4n) is 2.15. The summed E-state index contributed by atoms with van der Waals surface area (Å²) in [6, 6.07) is 7.58. The first-order valence-corrected chi connectivity index (χ1v) is 8.79. The zero-order valence-electron chi connectivity index (χ0n) is 13.1. The van der Waals surface area contributed by atoms with E-state index < -0.39 is 0 Å². The molecule has 0 aliphatic heterocycles. The summed E-state index contributed by atoms with van der Waals surface area (Å²) < 4.78 is 6.68. The molecule has 0 fully saturated rings. The summed E-state index contributed by atoms with van der Waals surface area (Å²) in [5, 5.41) is 10.1. The number of nitrogens with zero attached hydrogens (tertiary/aromatic N) is 4. The van der Waals surface area contributed by atoms with Crippen molar-refractivity contribution in [3.05, 3.63) is 39.8 Å². The molecule has 2 aromatic heterocycles. The van der Waals surface area contributed by atoms with Gasteiger partial charge in [-0.1, -0.05) is 11.8 Å². The number of aromatic nitrogens is 4. The van der Waals surface area contributed by atoms with Crippen LogP contribution in [0, 0.1) is 13.8 Å². The molecule has 2 heterocycles. The minimum absolute atomic E-state index is 0.632. The molecule has 120 valence electrons. The first-order valence-electron chi connectivity index (χ1n) is 6.99. The van der Waals surface area contributed by atoms with Crippen LogP contribution < -0.4 is 10.6 Å². The van der Waals surface area contributed by atoms with E-state index in [2.05, 4.69) is 15.2 Å². The van der Waals surface area contributed by atoms with E-state index in [1.807, 2.05) is 38.1 Å². The van der Waals surface area contributed by atoms with Crippen LogP contribution >= 0.6 is 23.1 Å². The van der Waals surface area contributed by atoms with Gasteiger partial charge in [-0.05, 0) is 38.1 Å². The highest BCUT2D eigenvalue weighted by atomic mass is 32.2. The van der Waals surface area contributed by atoms with Crippen molar-refractivity contribution in [1.82, 2.24) is 19.9 Å². The van der Waals surface area contributed by atoms with Crippen molar-refractivity contribution in [1.29, 1.82) is 0 Å². The zero-order chi connectivity index (χ0) is 16.4. The number of rotatable bonds is 5. The first kappa shape index (κ1) is 15.8. The standard InChI is InChI=1S/C15H17N5OS2/c1-9-13(23-10(2)17-9)8-22-15-19-18-14(20(15)16)11-4-6-12(21-3)7-5-11/h4-7H,8,16H2,1-3H3. The molecule has 0 spiro atoms. The molecule has 0 radical (unpaired) electrons. The average Bonchev–Trinajstić information content (AvgIpc) is 3.07. The fraction of sp³-hybridized carbons (Fsp3) is 0.267. The summed E-state index contributed by atoms with van der Waals surface area (Å²) in [6.45, 7) is 4.04. The molecule has 0 aliphatic carbocycles. The van der Waals surface area contributed by atoms with E-state index in [0.717, 1.165) is 27.8 Å². The lowest BCUT2D eigenvalue weighted by atomic mass is 10.2. The predicted molar refractivity (Wildman–Crippen MR) is 93.3 cm³/mol. The van der Waals surface area contributed by atoms with Gasteiger partial charge in [0.05, 0.1) is 17.8 Å². The van der Waals surface area contributed by atoms with Crippen molar-refractivity contribution < 1.29 is 4.74 Å². The van der Waals surface area contributed by atoms with Crippen molar-refractivity contribution in [2.24, 2.45) is 0 Å². The van der Waals surface area contributed by atoms with Crippen LogP contribution in [0.25, 0.3) is 11.4 Å². The number of thioether (sulfide) groups is 1. The highest BCUT2D eigenvalue weighted by Crippen LogP contribution is 2.28. The Balaban J connectivity index is 1.77. The highest BCUT2D eigenvalue weighted by Gasteiger charge is 2.14. The number of thiazole rings is 1. The molecule has 0 atom stereocenters. The summed E-state index contributed by atoms with van der Waals surface area (Å²) in [6.07, 6.45) is 0. The van der Waals surface area contributed by atoms with Gasteiger partial charge in [0.1, 0.15) is 5.75 Å². The molecule has 6 nitrogen and oxygen atoms in total. The molecule has 8 heteroatoms. The van der Waals surface area contributed by atoms with Crippen molar-refractivity contribution in [3.63, 3.8) is 0 Å². The van der Waals surface area contributed by atoms with Crippen LogP contribution in [-0.2, 0) is 5.75 Å². The number of aryl methyl sites for hydroxylation is 2. The number of hydrogen-bond donors (Lipinski definition) is 1. The smallest absolute Gasteiger partial charge is 0.210 e. The Hall–Kier alpha value is -2.06. The molecule has 23 heavy (non-hydrogen) atoms. The second-order valence-electron chi connectivity index (χ2n) is 4.93. The average molecular weight is 347 g/mol. The zero-order valence-corrected chi connectivity index (χ0v) is 14.7. The van der Waals surface area contributed by atoms with Crippen LogP contribution in [-0.4, -0.2) is 27.0 Å². The van der Waals surface area contributed by atoms with Crippen LogP contribution in [0.1, 0.15) is 15.6 Å². The van der Waals surface area contributed by atoms with Gasteiger partial charge in [-0.2, -0.15) is 0 Å². The van der Waals surface area contributed by atoms with Gasteiger partial charge in [-0.25, -0.2) is 9.66 Å². The molecule has 3 rings (SSSR count). The molecular formula is C15H17N5OS2. The van der Waals surface area contributed by atoms with Gasteiger partial charge >= 0.3 is 0 Å². The third-order valence-electron chi connectivity index (χ3n) is 3.34. The quantitative estimate of drug-likeness (QED) is 0.564. The second-order valence-corrected chi connectivity index (χ2v) is 7.17. The summed E-state index contributed by atoms with van der Waals surface area (Å²) in [5.74, 6) is 8.35. The number of nitrogen functional groups attached to an aromatic ring is 1. The van der Waals surface area contributed by atoms with Crippen molar-refractivity contribution in [3.8, 4) is 17.1 Å². The van der Waals surface area contributed by atoms with Crippen LogP contribution in [0.15, 0.2) is 29.4 Å². The Morgan fingerprint density at radius 1 is 1.22 bits per heavy atom. The molecule has 3 aromatic rings. The number of ether oxygens (including phenoxy) is 1. The molecule has 0 aliphatic rings. The fourth-order valence-corrected chi connectivity index (χ4v) is 4.09. The maximum absolute atomic E-state index is 6.14. The van der Waals surface area contributed by atoms with E-state index >= 15 is 0 Å². The molecule has 0 amide bonds. The number of nitrogens with two attached hydrogens (primary N) is 1. The van der Waals surface area contributed by atoms with Gasteiger partial charge in [0.25, 0.3) is 0 Å². The minimum atomic E-state index is 0.632. The third kappa shape index (κ3) is 3.32. The summed E-state index contributed by atoms with van der Waals surface area (Å²) in [7, 11) is 1.64. The van der Waals surface area contributed by atoms with Crippen molar-refractivity contribution in [2.45, 2.75) is 24.8 Å². The van der Waals surface area contributed by atoms with Gasteiger partial charge in [0.15, 0.2) is 5.82 Å². The molecule has 1 aromatic carbocycles. The van der Waals surface area contributed by atoms with E-state index in [-0.39, 0.29) is 0 Å². The van der Waals surface area contributed by atoms with Crippen LogP contribution in [0.5, 0.6) is 5.75 Å². The van der Waals surface area contributed by atoms with E-state index in [1.165, 1.54) is 9.55 Å². The topological polar surface area (TPSA) is 78.9 Å². The lowest BCUT2D eigenvalue weighted by Gasteiger charge is -2.04. The normalized spacial score (nSPS) is 10.9. The first-order chi connectivity index (χ1) is 11.1. The summed E-state index contributed by atoms with van der Waals surface area (Å²) in [5.41, 5.74) is 1.97. The summed E-state index contributed by atoms with van der Waals surface area (Å²) in [4.78, 5) is 5.67. The number of hydrogen-bond acceptors (Lipinski definition) is 7. The molecule has 0 bridgehead atoms. The molecule has 2 N–H and O–H groups in total. The third-order valence-corrected chi connectivity index (χ3v) is 5.57. The van der Waals surface area contributed by atoms with Gasteiger partial charge in [0.2, 0.25) is 5.16 Å². The van der Waals surface area contributed by atoms with E-state index in [4.69, 9.17) is 10.6 Å². The Labute approximate surface area is 142 Å². The number of benzene rings is 1. The molecular weight excluding hydrogens is 330 g/mol. The van der Waals surface area contributed by atoms with Crippen LogP contribution in [0.2, 0.25) is 0 Å².